The molecule has 2 heterocycles. The second kappa shape index (κ2) is 4.76. The Labute approximate surface area is 111 Å². The minimum Gasteiger partial charge on any atom is -0.384 e. The van der Waals surface area contributed by atoms with E-state index in [2.05, 4.69) is 21.9 Å². The van der Waals surface area contributed by atoms with Crippen LogP contribution in [0.15, 0.2) is 34.9 Å². The monoisotopic (exact) mass is 257 g/mol. The number of nitrogens with one attached hydrogen (secondary N) is 2. The Morgan fingerprint density at radius 3 is 3.16 bits per heavy atom. The molecular weight excluding hydrogens is 242 g/mol. The molecule has 1 aromatic carbocycles. The van der Waals surface area contributed by atoms with Gasteiger partial charge in [0.2, 0.25) is 5.91 Å². The van der Waals surface area contributed by atoms with E-state index in [1.165, 1.54) is 5.56 Å². The zero-order valence-electron chi connectivity index (χ0n) is 10.6. The number of rotatable bonds is 3. The van der Waals surface area contributed by atoms with E-state index >= 15 is 0 Å². The van der Waals surface area contributed by atoms with Crippen LogP contribution in [0.25, 0.3) is 0 Å². The van der Waals surface area contributed by atoms with Gasteiger partial charge in [-0.1, -0.05) is 23.4 Å². The van der Waals surface area contributed by atoms with E-state index in [4.69, 9.17) is 4.52 Å². The van der Waals surface area contributed by atoms with Crippen molar-refractivity contribution in [1.29, 1.82) is 0 Å². The number of aromatic nitrogens is 1. The average molecular weight is 257 g/mol. The molecule has 0 bridgehead atoms. The van der Waals surface area contributed by atoms with Gasteiger partial charge in [-0.3, -0.25) is 4.79 Å². The molecule has 2 aromatic rings. The van der Waals surface area contributed by atoms with Crippen LogP contribution in [0.5, 0.6) is 0 Å². The van der Waals surface area contributed by atoms with Gasteiger partial charge in [-0.15, -0.1) is 0 Å². The minimum atomic E-state index is -0.0446. The lowest BCUT2D eigenvalue weighted by Gasteiger charge is -2.09. The highest BCUT2D eigenvalue weighted by Gasteiger charge is 2.24. The van der Waals surface area contributed by atoms with Crippen molar-refractivity contribution in [3.63, 3.8) is 0 Å². The molecule has 0 saturated carbocycles. The Bertz CT molecular complexity index is 606. The molecule has 3 rings (SSSR count). The van der Waals surface area contributed by atoms with Crippen molar-refractivity contribution in [3.05, 3.63) is 41.7 Å². The molecule has 1 aliphatic heterocycles. The molecule has 0 spiro atoms. The number of aryl methyl sites for hydroxylation is 1. The van der Waals surface area contributed by atoms with Crippen LogP contribution in [0.1, 0.15) is 23.7 Å². The molecule has 0 saturated heterocycles. The van der Waals surface area contributed by atoms with E-state index in [0.29, 0.717) is 18.0 Å². The summed E-state index contributed by atoms with van der Waals surface area (Å²) in [4.78, 5) is 12.0. The SMILES string of the molecule is Cc1cc(NC(=O)CC2CNc3ccccc32)no1. The van der Waals surface area contributed by atoms with Crippen LogP contribution in [0, 0.1) is 6.92 Å². The van der Waals surface area contributed by atoms with Crippen LogP contribution in [0.2, 0.25) is 0 Å². The highest BCUT2D eigenvalue weighted by molar-refractivity contribution is 5.90. The van der Waals surface area contributed by atoms with Gasteiger partial charge < -0.3 is 15.2 Å². The van der Waals surface area contributed by atoms with Crippen molar-refractivity contribution < 1.29 is 9.32 Å². The number of fused-ring (bicyclic) bond motifs is 1. The number of carbonyl (C=O) groups is 1. The topological polar surface area (TPSA) is 67.2 Å². The van der Waals surface area contributed by atoms with Gasteiger partial charge in [0, 0.05) is 30.6 Å². The van der Waals surface area contributed by atoms with Crippen LogP contribution in [0.3, 0.4) is 0 Å². The van der Waals surface area contributed by atoms with Crippen molar-refractivity contribution >= 4 is 17.4 Å². The molecule has 0 aliphatic carbocycles. The van der Waals surface area contributed by atoms with Gasteiger partial charge in [-0.05, 0) is 18.6 Å². The summed E-state index contributed by atoms with van der Waals surface area (Å²) in [5.41, 5.74) is 2.33. The molecule has 1 atom stereocenters. The van der Waals surface area contributed by atoms with E-state index in [1.807, 2.05) is 18.2 Å². The van der Waals surface area contributed by atoms with E-state index < -0.39 is 0 Å². The van der Waals surface area contributed by atoms with Crippen LogP contribution in [-0.4, -0.2) is 17.6 Å². The molecule has 1 aliphatic rings. The summed E-state index contributed by atoms with van der Waals surface area (Å²) in [6.45, 7) is 2.59. The zero-order valence-corrected chi connectivity index (χ0v) is 10.6. The number of para-hydroxylation sites is 1. The van der Waals surface area contributed by atoms with Crippen LogP contribution in [-0.2, 0) is 4.79 Å². The first-order valence-corrected chi connectivity index (χ1v) is 6.28. The van der Waals surface area contributed by atoms with E-state index in [0.717, 1.165) is 12.2 Å². The standard InChI is InChI=1S/C14H15N3O2/c1-9-6-13(17-19-9)16-14(18)7-10-8-15-12-5-3-2-4-11(10)12/h2-6,10,15H,7-8H2,1H3,(H,16,17,18). The van der Waals surface area contributed by atoms with E-state index in [-0.39, 0.29) is 11.8 Å². The highest BCUT2D eigenvalue weighted by Crippen LogP contribution is 2.33. The first kappa shape index (κ1) is 11.8. The van der Waals surface area contributed by atoms with Crippen molar-refractivity contribution in [2.45, 2.75) is 19.3 Å². The summed E-state index contributed by atoms with van der Waals surface area (Å²) in [5, 5.41) is 9.81. The molecule has 2 N–H and O–H groups in total. The fourth-order valence-electron chi connectivity index (χ4n) is 2.38. The lowest BCUT2D eigenvalue weighted by atomic mass is 9.98. The number of amides is 1. The lowest BCUT2D eigenvalue weighted by molar-refractivity contribution is -0.116. The maximum absolute atomic E-state index is 12.0. The fourth-order valence-corrected chi connectivity index (χ4v) is 2.38. The maximum Gasteiger partial charge on any atom is 0.226 e. The molecule has 1 unspecified atom stereocenters. The van der Waals surface area contributed by atoms with Gasteiger partial charge in [0.05, 0.1) is 0 Å². The second-order valence-electron chi connectivity index (χ2n) is 4.74. The Hall–Kier alpha value is -2.30. The van der Waals surface area contributed by atoms with Gasteiger partial charge >= 0.3 is 0 Å². The average Bonchev–Trinajstić information content (AvgIpc) is 2.97. The summed E-state index contributed by atoms with van der Waals surface area (Å²) in [6, 6.07) is 9.80. The highest BCUT2D eigenvalue weighted by atomic mass is 16.5. The molecule has 98 valence electrons. The zero-order chi connectivity index (χ0) is 13.2. The summed E-state index contributed by atoms with van der Waals surface area (Å²) < 4.78 is 4.91. The number of benzene rings is 1. The van der Waals surface area contributed by atoms with E-state index in [1.54, 1.807) is 13.0 Å². The maximum atomic E-state index is 12.0. The molecule has 5 nitrogen and oxygen atoms in total. The number of carbonyl (C=O) groups excluding carboxylic acids is 1. The molecule has 0 fully saturated rings. The second-order valence-corrected chi connectivity index (χ2v) is 4.74. The molecule has 5 heteroatoms. The predicted octanol–water partition coefficient (Wildman–Crippen LogP) is 2.52. The summed E-state index contributed by atoms with van der Waals surface area (Å²) >= 11 is 0. The lowest BCUT2D eigenvalue weighted by Crippen LogP contribution is -2.16. The number of nitrogens with zero attached hydrogens (tertiary/aromatic N) is 1. The Balaban J connectivity index is 1.65. The predicted molar refractivity (Wildman–Crippen MR) is 72.2 cm³/mol. The molecule has 0 radical (unpaired) electrons. The quantitative estimate of drug-likeness (QED) is 0.886. The van der Waals surface area contributed by atoms with Gasteiger partial charge in [0.15, 0.2) is 5.82 Å². The van der Waals surface area contributed by atoms with Crippen molar-refractivity contribution in [1.82, 2.24) is 5.16 Å². The minimum absolute atomic E-state index is 0.0446. The molecule has 1 amide bonds. The third-order valence-electron chi connectivity index (χ3n) is 3.27. The van der Waals surface area contributed by atoms with Crippen molar-refractivity contribution in [2.75, 3.05) is 17.2 Å². The third-order valence-corrected chi connectivity index (χ3v) is 3.27. The molecular formula is C14H15N3O2. The van der Waals surface area contributed by atoms with Crippen LogP contribution < -0.4 is 10.6 Å². The van der Waals surface area contributed by atoms with Crippen LogP contribution >= 0.6 is 0 Å². The summed E-state index contributed by atoms with van der Waals surface area (Å²) in [7, 11) is 0. The molecule has 1 aromatic heterocycles. The smallest absolute Gasteiger partial charge is 0.226 e. The van der Waals surface area contributed by atoms with Gasteiger partial charge in [-0.25, -0.2) is 0 Å². The first-order chi connectivity index (χ1) is 9.22. The third kappa shape index (κ3) is 2.45. The first-order valence-electron chi connectivity index (χ1n) is 6.28. The Morgan fingerprint density at radius 1 is 1.53 bits per heavy atom. The van der Waals surface area contributed by atoms with Crippen molar-refractivity contribution in [2.24, 2.45) is 0 Å². The normalized spacial score (nSPS) is 16.8. The number of hydrogen-bond acceptors (Lipinski definition) is 4. The van der Waals surface area contributed by atoms with E-state index in [9.17, 15) is 4.79 Å². The van der Waals surface area contributed by atoms with Gasteiger partial charge in [0.1, 0.15) is 5.76 Å². The van der Waals surface area contributed by atoms with Crippen molar-refractivity contribution in [3.8, 4) is 0 Å². The summed E-state index contributed by atoms with van der Waals surface area (Å²) in [6.07, 6.45) is 0.440. The largest absolute Gasteiger partial charge is 0.384 e. The van der Waals surface area contributed by atoms with Gasteiger partial charge in [0.25, 0.3) is 0 Å². The number of anilines is 2. The Kier molecular flexibility index (Phi) is 2.95. The number of hydrogen-bond donors (Lipinski definition) is 2. The summed E-state index contributed by atoms with van der Waals surface area (Å²) in [5.74, 6) is 1.32. The molecule has 19 heavy (non-hydrogen) atoms. The van der Waals surface area contributed by atoms with Crippen LogP contribution in [0.4, 0.5) is 11.5 Å². The Morgan fingerprint density at radius 2 is 2.37 bits per heavy atom. The fraction of sp³-hybridized carbons (Fsp3) is 0.286. The van der Waals surface area contributed by atoms with Gasteiger partial charge in [-0.2, -0.15) is 0 Å².